The summed E-state index contributed by atoms with van der Waals surface area (Å²) in [5.74, 6) is 2.78. The van der Waals surface area contributed by atoms with E-state index in [4.69, 9.17) is 4.74 Å². The van der Waals surface area contributed by atoms with Gasteiger partial charge >= 0.3 is 5.97 Å². The largest absolute Gasteiger partial charge is 0.467 e. The van der Waals surface area contributed by atoms with Crippen molar-refractivity contribution in [3.8, 4) is 0 Å². The SMILES string of the molecule is COC(=O)[C@]1(O)C[C@@]2(C)C(=CC[C@H]3[C@@H]4CC[C@H]([C@H](C)/C=C/C(C)C(C)C)[C@@]4(C)CC[C@@H]32)C1=O. The number of hydrogen-bond acceptors (Lipinski definition) is 4. The summed E-state index contributed by atoms with van der Waals surface area (Å²) in [5.41, 5.74) is -1.47. The zero-order valence-corrected chi connectivity index (χ0v) is 21.7. The molecule has 4 heteroatoms. The Hall–Kier alpha value is -1.42. The highest BCUT2D eigenvalue weighted by molar-refractivity contribution is 6.18. The van der Waals surface area contributed by atoms with Crippen molar-refractivity contribution in [3.63, 3.8) is 0 Å². The minimum Gasteiger partial charge on any atom is -0.467 e. The van der Waals surface area contributed by atoms with Crippen molar-refractivity contribution >= 4 is 11.8 Å². The average Bonchev–Trinajstić information content (AvgIpc) is 3.23. The molecule has 0 radical (unpaired) electrons. The molecule has 0 spiro atoms. The van der Waals surface area contributed by atoms with Gasteiger partial charge in [0.15, 0.2) is 0 Å². The van der Waals surface area contributed by atoms with Gasteiger partial charge in [0.25, 0.3) is 0 Å². The van der Waals surface area contributed by atoms with Gasteiger partial charge in [-0.1, -0.05) is 59.8 Å². The van der Waals surface area contributed by atoms with E-state index < -0.39 is 22.8 Å². The van der Waals surface area contributed by atoms with Gasteiger partial charge in [0.05, 0.1) is 7.11 Å². The number of allylic oxidation sites excluding steroid dienone is 3. The van der Waals surface area contributed by atoms with E-state index in [9.17, 15) is 14.7 Å². The van der Waals surface area contributed by atoms with Crippen LogP contribution in [0.25, 0.3) is 0 Å². The van der Waals surface area contributed by atoms with E-state index in [0.717, 1.165) is 19.3 Å². The van der Waals surface area contributed by atoms with Crippen molar-refractivity contribution in [2.75, 3.05) is 7.11 Å². The molecule has 0 heterocycles. The third kappa shape index (κ3) is 3.58. The molecule has 4 aliphatic rings. The maximum atomic E-state index is 13.1. The Kier molecular flexibility index (Phi) is 6.26. The van der Waals surface area contributed by atoms with E-state index in [1.54, 1.807) is 0 Å². The van der Waals surface area contributed by atoms with E-state index in [0.29, 0.717) is 52.4 Å². The summed E-state index contributed by atoms with van der Waals surface area (Å²) in [6, 6.07) is 0. The number of fused-ring (bicyclic) bond motifs is 5. The third-order valence-electron chi connectivity index (χ3n) is 10.7. The van der Waals surface area contributed by atoms with Gasteiger partial charge in [0.1, 0.15) is 0 Å². The van der Waals surface area contributed by atoms with Gasteiger partial charge in [-0.05, 0) is 78.9 Å². The maximum Gasteiger partial charge on any atom is 0.346 e. The highest BCUT2D eigenvalue weighted by Gasteiger charge is 2.67. The van der Waals surface area contributed by atoms with Crippen LogP contribution in [0.1, 0.15) is 80.1 Å². The normalized spacial score (nSPS) is 44.3. The summed E-state index contributed by atoms with van der Waals surface area (Å²) in [4.78, 5) is 25.5. The lowest BCUT2D eigenvalue weighted by Crippen LogP contribution is -2.49. The molecule has 4 rings (SSSR count). The molecule has 1 unspecified atom stereocenters. The van der Waals surface area contributed by atoms with Gasteiger partial charge in [-0.2, -0.15) is 0 Å². The first-order chi connectivity index (χ1) is 15.4. The number of aliphatic hydroxyl groups is 1. The fraction of sp³-hybridized carbons (Fsp3) is 0.793. The summed E-state index contributed by atoms with van der Waals surface area (Å²) in [6.45, 7) is 13.9. The van der Waals surface area contributed by atoms with Gasteiger partial charge in [-0.25, -0.2) is 4.79 Å². The van der Waals surface area contributed by atoms with Crippen LogP contribution in [0.4, 0.5) is 0 Å². The predicted molar refractivity (Wildman–Crippen MR) is 130 cm³/mol. The van der Waals surface area contributed by atoms with E-state index in [2.05, 4.69) is 59.8 Å². The Morgan fingerprint density at radius 1 is 1.12 bits per heavy atom. The topological polar surface area (TPSA) is 63.6 Å². The van der Waals surface area contributed by atoms with Crippen LogP contribution in [0.2, 0.25) is 0 Å². The molecular formula is C29H44O4. The Bertz CT molecular complexity index is 871. The summed E-state index contributed by atoms with van der Waals surface area (Å²) >= 11 is 0. The zero-order chi connectivity index (χ0) is 24.3. The Balaban J connectivity index is 1.58. The number of carbonyl (C=O) groups is 2. The van der Waals surface area contributed by atoms with Crippen molar-refractivity contribution in [2.24, 2.45) is 52.3 Å². The fourth-order valence-corrected chi connectivity index (χ4v) is 8.45. The van der Waals surface area contributed by atoms with Crippen LogP contribution in [-0.2, 0) is 14.3 Å². The molecule has 0 amide bonds. The smallest absolute Gasteiger partial charge is 0.346 e. The van der Waals surface area contributed by atoms with Gasteiger partial charge in [0, 0.05) is 17.4 Å². The minimum absolute atomic E-state index is 0.164. The van der Waals surface area contributed by atoms with Crippen molar-refractivity contribution in [1.82, 2.24) is 0 Å². The first-order valence-electron chi connectivity index (χ1n) is 13.1. The predicted octanol–water partition coefficient (Wildman–Crippen LogP) is 5.74. The van der Waals surface area contributed by atoms with Crippen molar-refractivity contribution in [1.29, 1.82) is 0 Å². The molecule has 4 aliphatic carbocycles. The van der Waals surface area contributed by atoms with Gasteiger partial charge in [-0.15, -0.1) is 0 Å². The Morgan fingerprint density at radius 3 is 2.45 bits per heavy atom. The van der Waals surface area contributed by atoms with E-state index in [1.165, 1.54) is 20.0 Å². The molecule has 0 aromatic heterocycles. The number of methoxy groups -OCH3 is 1. The van der Waals surface area contributed by atoms with Crippen LogP contribution in [0.3, 0.4) is 0 Å². The second-order valence-corrected chi connectivity index (χ2v) is 12.6. The molecule has 0 saturated heterocycles. The molecule has 1 N–H and O–H groups in total. The average molecular weight is 457 g/mol. The molecule has 0 aromatic rings. The monoisotopic (exact) mass is 456 g/mol. The first-order valence-corrected chi connectivity index (χ1v) is 13.1. The van der Waals surface area contributed by atoms with Gasteiger partial charge in [-0.3, -0.25) is 4.79 Å². The number of ketones is 1. The zero-order valence-electron chi connectivity index (χ0n) is 21.7. The molecular weight excluding hydrogens is 412 g/mol. The minimum atomic E-state index is -2.02. The molecule has 184 valence electrons. The number of ether oxygens (including phenoxy) is 1. The van der Waals surface area contributed by atoms with Crippen LogP contribution in [-0.4, -0.2) is 29.6 Å². The number of carbonyl (C=O) groups excluding carboxylic acids is 2. The van der Waals surface area contributed by atoms with Crippen molar-refractivity contribution in [3.05, 3.63) is 23.8 Å². The Morgan fingerprint density at radius 2 is 1.82 bits per heavy atom. The molecule has 4 nitrogen and oxygen atoms in total. The second kappa shape index (κ2) is 8.36. The summed E-state index contributed by atoms with van der Waals surface area (Å²) in [6.07, 6.45) is 12.8. The van der Waals surface area contributed by atoms with Crippen LogP contribution in [0.5, 0.6) is 0 Å². The lowest BCUT2D eigenvalue weighted by atomic mass is 9.49. The van der Waals surface area contributed by atoms with Gasteiger partial charge in [0.2, 0.25) is 11.4 Å². The van der Waals surface area contributed by atoms with Crippen LogP contribution in [0, 0.1) is 52.3 Å². The van der Waals surface area contributed by atoms with Crippen LogP contribution >= 0.6 is 0 Å². The lowest BCUT2D eigenvalue weighted by molar-refractivity contribution is -0.166. The summed E-state index contributed by atoms with van der Waals surface area (Å²) < 4.78 is 4.83. The summed E-state index contributed by atoms with van der Waals surface area (Å²) in [7, 11) is 1.25. The first kappa shape index (κ1) is 24.7. The molecule has 0 aromatic carbocycles. The molecule has 33 heavy (non-hydrogen) atoms. The second-order valence-electron chi connectivity index (χ2n) is 12.6. The standard InChI is InChI=1S/C29H44O4/c1-17(2)18(3)8-9-19(4)21-12-13-22-20-10-11-24-25(30)29(32,26(31)33-7)16-28(24,6)23(20)14-15-27(21,22)5/h8-9,11,17-23,32H,10,12-16H2,1-7H3/b9-8+/t18?,19-,20+,21-,22+,23+,27-,28-,29+/m1/s1. The molecule has 3 saturated carbocycles. The summed E-state index contributed by atoms with van der Waals surface area (Å²) in [5, 5.41) is 11.0. The highest BCUT2D eigenvalue weighted by Crippen LogP contribution is 2.68. The fourth-order valence-electron chi connectivity index (χ4n) is 8.45. The highest BCUT2D eigenvalue weighted by atomic mass is 16.5. The quantitative estimate of drug-likeness (QED) is 0.325. The molecule has 0 bridgehead atoms. The third-order valence-corrected chi connectivity index (χ3v) is 10.7. The number of hydrogen-bond donors (Lipinski definition) is 1. The number of Topliss-reactive ketones (excluding diaryl/α,β-unsaturated/α-hetero) is 1. The molecule has 3 fully saturated rings. The molecule has 9 atom stereocenters. The van der Waals surface area contributed by atoms with E-state index in [1.807, 2.05) is 0 Å². The van der Waals surface area contributed by atoms with Crippen LogP contribution in [0.15, 0.2) is 23.8 Å². The van der Waals surface area contributed by atoms with E-state index >= 15 is 0 Å². The lowest BCUT2D eigenvalue weighted by Gasteiger charge is -2.55. The van der Waals surface area contributed by atoms with E-state index in [-0.39, 0.29) is 6.42 Å². The van der Waals surface area contributed by atoms with Crippen LogP contribution < -0.4 is 0 Å². The number of esters is 1. The van der Waals surface area contributed by atoms with Gasteiger partial charge < -0.3 is 9.84 Å². The Labute approximate surface area is 200 Å². The van der Waals surface area contributed by atoms with Crippen molar-refractivity contribution in [2.45, 2.75) is 85.7 Å². The van der Waals surface area contributed by atoms with Crippen molar-refractivity contribution < 1.29 is 19.4 Å². The maximum absolute atomic E-state index is 13.1. The molecule has 0 aliphatic heterocycles. The number of rotatable bonds is 5.